The summed E-state index contributed by atoms with van der Waals surface area (Å²) in [6.07, 6.45) is -3.91. The Bertz CT molecular complexity index is 679. The van der Waals surface area contributed by atoms with Gasteiger partial charge in [-0.05, 0) is 57.9 Å². The van der Waals surface area contributed by atoms with E-state index in [1.807, 2.05) is 0 Å². The molecule has 1 aliphatic heterocycles. The topological polar surface area (TPSA) is 49.9 Å². The number of likely N-dealkylation sites (tertiary alicyclic amines) is 1. The molecule has 1 aromatic carbocycles. The molecule has 0 unspecified atom stereocenters. The summed E-state index contributed by atoms with van der Waals surface area (Å²) in [5.74, 6) is -0.580. The second kappa shape index (κ2) is 8.08. The lowest BCUT2D eigenvalue weighted by Gasteiger charge is -2.33. The van der Waals surface area contributed by atoms with Gasteiger partial charge in [-0.3, -0.25) is 4.79 Å². The van der Waals surface area contributed by atoms with Gasteiger partial charge < -0.3 is 9.64 Å². The zero-order valence-corrected chi connectivity index (χ0v) is 16.9. The lowest BCUT2D eigenvalue weighted by atomic mass is 9.96. The van der Waals surface area contributed by atoms with Crippen LogP contribution in [0.5, 0.6) is 0 Å². The van der Waals surface area contributed by atoms with Gasteiger partial charge >= 0.3 is 12.3 Å². The maximum atomic E-state index is 12.6. The molecular weight excluding hydrogens is 429 g/mol. The lowest BCUT2D eigenvalue weighted by Crippen LogP contribution is -2.44. The second-order valence-corrected chi connectivity index (χ2v) is 8.11. The van der Waals surface area contributed by atoms with Gasteiger partial charge in [-0.2, -0.15) is 13.2 Å². The number of carbonyl (C=O) groups excluding carboxylic acids is 2. The fraction of sp³-hybridized carbons (Fsp3) is 0.556. The first-order chi connectivity index (χ1) is 12.4. The molecule has 5 nitrogen and oxygen atoms in total. The second-order valence-electron chi connectivity index (χ2n) is 7.41. The van der Waals surface area contributed by atoms with Crippen molar-refractivity contribution in [1.29, 1.82) is 0 Å². The van der Waals surface area contributed by atoms with Crippen LogP contribution in [0.1, 0.15) is 39.2 Å². The molecule has 0 bridgehead atoms. The number of nitrogens with zero attached hydrogens (tertiary/aromatic N) is 2. The predicted molar refractivity (Wildman–Crippen MR) is 98.4 cm³/mol. The SMILES string of the molecule is CC(C)(C)OC(=O)N1CCC(C(=O)N(Br)c2ccc(C(F)(F)F)cc2)CC1. The third-order valence-corrected chi connectivity index (χ3v) is 4.87. The van der Waals surface area contributed by atoms with Crippen molar-refractivity contribution in [1.82, 2.24) is 4.90 Å². The number of amides is 2. The predicted octanol–water partition coefficient (Wildman–Crippen LogP) is 5.00. The minimum absolute atomic E-state index is 0.251. The Morgan fingerprint density at radius 3 is 2.07 bits per heavy atom. The van der Waals surface area contributed by atoms with Gasteiger partial charge in [0.25, 0.3) is 0 Å². The van der Waals surface area contributed by atoms with Gasteiger partial charge in [0, 0.05) is 19.0 Å². The molecule has 9 heteroatoms. The van der Waals surface area contributed by atoms with E-state index in [9.17, 15) is 22.8 Å². The van der Waals surface area contributed by atoms with Crippen LogP contribution in [0.25, 0.3) is 0 Å². The van der Waals surface area contributed by atoms with E-state index < -0.39 is 23.4 Å². The maximum Gasteiger partial charge on any atom is 0.416 e. The van der Waals surface area contributed by atoms with Crippen LogP contribution in [0.15, 0.2) is 24.3 Å². The molecule has 0 atom stereocenters. The smallest absolute Gasteiger partial charge is 0.416 e. The number of benzene rings is 1. The van der Waals surface area contributed by atoms with Gasteiger partial charge in [-0.25, -0.2) is 8.72 Å². The highest BCUT2D eigenvalue weighted by molar-refractivity contribution is 9.10. The monoisotopic (exact) mass is 450 g/mol. The standard InChI is InChI=1S/C18H22BrF3N2O3/c1-17(2,3)27-16(26)23-10-8-12(9-11-23)15(25)24(19)14-6-4-13(5-7-14)18(20,21)22/h4-7,12H,8-11H2,1-3H3. The van der Waals surface area contributed by atoms with Crippen LogP contribution in [0, 0.1) is 5.92 Å². The number of anilines is 1. The summed E-state index contributed by atoms with van der Waals surface area (Å²) >= 11 is 3.14. The Hall–Kier alpha value is -1.77. The highest BCUT2D eigenvalue weighted by Gasteiger charge is 2.33. The van der Waals surface area contributed by atoms with Crippen LogP contribution in [0.3, 0.4) is 0 Å². The number of piperidine rings is 1. The minimum Gasteiger partial charge on any atom is -0.444 e. The van der Waals surface area contributed by atoms with Gasteiger partial charge in [-0.1, -0.05) is 0 Å². The van der Waals surface area contributed by atoms with E-state index in [0.29, 0.717) is 31.6 Å². The van der Waals surface area contributed by atoms with E-state index in [-0.39, 0.29) is 11.8 Å². The fourth-order valence-corrected chi connectivity index (χ4v) is 3.23. The number of carbonyl (C=O) groups is 2. The van der Waals surface area contributed by atoms with Crippen molar-refractivity contribution in [2.45, 2.75) is 45.4 Å². The number of rotatable bonds is 2. The van der Waals surface area contributed by atoms with Crippen LogP contribution in [0.2, 0.25) is 0 Å². The molecule has 0 spiro atoms. The van der Waals surface area contributed by atoms with Crippen LogP contribution < -0.4 is 3.93 Å². The molecule has 2 rings (SSSR count). The van der Waals surface area contributed by atoms with E-state index in [1.54, 1.807) is 25.7 Å². The summed E-state index contributed by atoms with van der Waals surface area (Å²) in [4.78, 5) is 26.2. The number of alkyl halides is 3. The van der Waals surface area contributed by atoms with Crippen molar-refractivity contribution in [3.63, 3.8) is 0 Å². The largest absolute Gasteiger partial charge is 0.444 e. The van der Waals surface area contributed by atoms with Gasteiger partial charge in [0.15, 0.2) is 0 Å². The third kappa shape index (κ3) is 5.85. The summed E-state index contributed by atoms with van der Waals surface area (Å²) < 4.78 is 44.4. The highest BCUT2D eigenvalue weighted by atomic mass is 79.9. The van der Waals surface area contributed by atoms with Crippen molar-refractivity contribution in [3.8, 4) is 0 Å². The molecular formula is C18H22BrF3N2O3. The number of hydrogen-bond donors (Lipinski definition) is 0. The average molecular weight is 451 g/mol. The molecule has 0 radical (unpaired) electrons. The molecule has 1 heterocycles. The highest BCUT2D eigenvalue weighted by Crippen LogP contribution is 2.32. The third-order valence-electron chi connectivity index (χ3n) is 4.11. The Labute approximate surface area is 164 Å². The van der Waals surface area contributed by atoms with E-state index in [2.05, 4.69) is 16.1 Å². The molecule has 0 saturated carbocycles. The lowest BCUT2D eigenvalue weighted by molar-refractivity contribution is -0.137. The van der Waals surface area contributed by atoms with Crippen molar-refractivity contribution in [3.05, 3.63) is 29.8 Å². The molecule has 0 aliphatic carbocycles. The van der Waals surface area contributed by atoms with E-state index in [4.69, 9.17) is 4.74 Å². The molecule has 2 amide bonds. The summed E-state index contributed by atoms with van der Waals surface area (Å²) in [6, 6.07) is 4.35. The Balaban J connectivity index is 1.94. The summed E-state index contributed by atoms with van der Waals surface area (Å²) in [5, 5.41) is 0. The zero-order chi connectivity index (χ0) is 20.4. The molecule has 1 aromatic rings. The van der Waals surface area contributed by atoms with Crippen molar-refractivity contribution in [2.24, 2.45) is 5.92 Å². The Morgan fingerprint density at radius 2 is 1.63 bits per heavy atom. The molecule has 0 N–H and O–H groups in total. The van der Waals surface area contributed by atoms with Crippen LogP contribution >= 0.6 is 16.1 Å². The van der Waals surface area contributed by atoms with E-state index in [1.165, 1.54) is 16.1 Å². The molecule has 0 aromatic heterocycles. The Kier molecular flexibility index (Phi) is 6.44. The van der Waals surface area contributed by atoms with Crippen LogP contribution in [0.4, 0.5) is 23.7 Å². The van der Waals surface area contributed by atoms with Crippen molar-refractivity contribution in [2.75, 3.05) is 17.0 Å². The summed E-state index contributed by atoms with van der Waals surface area (Å²) in [7, 11) is 0. The van der Waals surface area contributed by atoms with Gasteiger partial charge in [0.2, 0.25) is 5.91 Å². The van der Waals surface area contributed by atoms with Crippen molar-refractivity contribution >= 4 is 33.8 Å². The van der Waals surface area contributed by atoms with Crippen molar-refractivity contribution < 1.29 is 27.5 Å². The summed E-state index contributed by atoms with van der Waals surface area (Å²) in [5.41, 5.74) is -1.04. The maximum absolute atomic E-state index is 12.6. The first-order valence-corrected chi connectivity index (χ1v) is 9.24. The number of ether oxygens (including phenoxy) is 1. The summed E-state index contributed by atoms with van der Waals surface area (Å²) in [6.45, 7) is 6.13. The number of halogens is 4. The molecule has 1 saturated heterocycles. The zero-order valence-electron chi connectivity index (χ0n) is 15.3. The number of hydrogen-bond acceptors (Lipinski definition) is 3. The molecule has 1 fully saturated rings. The average Bonchev–Trinajstić information content (AvgIpc) is 2.58. The van der Waals surface area contributed by atoms with E-state index >= 15 is 0 Å². The quantitative estimate of drug-likeness (QED) is 0.595. The van der Waals surface area contributed by atoms with Crippen LogP contribution in [-0.4, -0.2) is 35.6 Å². The van der Waals surface area contributed by atoms with E-state index in [0.717, 1.165) is 12.1 Å². The normalized spacial score (nSPS) is 16.2. The minimum atomic E-state index is -4.42. The van der Waals surface area contributed by atoms with Gasteiger partial charge in [-0.15, -0.1) is 0 Å². The van der Waals surface area contributed by atoms with Crippen LogP contribution in [-0.2, 0) is 15.7 Å². The Morgan fingerprint density at radius 1 is 1.11 bits per heavy atom. The first kappa shape index (κ1) is 21.5. The first-order valence-electron chi connectivity index (χ1n) is 8.53. The molecule has 150 valence electrons. The van der Waals surface area contributed by atoms with Gasteiger partial charge in [0.05, 0.1) is 27.4 Å². The molecule has 1 aliphatic rings. The molecule has 27 heavy (non-hydrogen) atoms. The fourth-order valence-electron chi connectivity index (χ4n) is 2.70. The van der Waals surface area contributed by atoms with Gasteiger partial charge in [0.1, 0.15) is 5.60 Å².